The number of nitrogens with one attached hydrogen (secondary N) is 1. The minimum Gasteiger partial charge on any atom is -0.338 e. The third kappa shape index (κ3) is 3.76. The third-order valence-corrected chi connectivity index (χ3v) is 4.26. The summed E-state index contributed by atoms with van der Waals surface area (Å²) in [7, 11) is 1.78. The predicted molar refractivity (Wildman–Crippen MR) is 93.0 cm³/mol. The average molecular weight is 406 g/mol. The minimum atomic E-state index is -0.642. The molecule has 1 atom stereocenters. The van der Waals surface area contributed by atoms with Crippen LogP contribution in [0.5, 0.6) is 0 Å². The number of hydrogen-bond acceptors (Lipinski definition) is 2. The number of hydrogen-bond donors (Lipinski definition) is 1. The summed E-state index contributed by atoms with van der Waals surface area (Å²) in [4.78, 5) is 16.8. The van der Waals surface area contributed by atoms with Gasteiger partial charge in [0.2, 0.25) is 0 Å². The highest BCUT2D eigenvalue weighted by Crippen LogP contribution is 2.22. The molecule has 1 amide bonds. The van der Waals surface area contributed by atoms with Gasteiger partial charge in [-0.15, -0.1) is 0 Å². The molecule has 0 bridgehead atoms. The molecule has 0 saturated heterocycles. The molecule has 0 fully saturated rings. The molecule has 0 aliphatic rings. The first-order valence-corrected chi connectivity index (χ1v) is 8.23. The molecular weight excluding hydrogens is 392 g/mol. The van der Waals surface area contributed by atoms with Crippen molar-refractivity contribution in [1.82, 2.24) is 14.9 Å². The van der Waals surface area contributed by atoms with Crippen LogP contribution >= 0.6 is 15.9 Å². The number of benzene rings is 2. The lowest BCUT2D eigenvalue weighted by molar-refractivity contribution is 0.0937. The van der Waals surface area contributed by atoms with Gasteiger partial charge in [-0.2, -0.15) is 0 Å². The second-order valence-electron chi connectivity index (χ2n) is 5.48. The van der Waals surface area contributed by atoms with E-state index in [0.717, 1.165) is 0 Å². The van der Waals surface area contributed by atoms with Crippen LogP contribution < -0.4 is 5.32 Å². The zero-order valence-corrected chi connectivity index (χ0v) is 14.8. The highest BCUT2D eigenvalue weighted by atomic mass is 79.9. The summed E-state index contributed by atoms with van der Waals surface area (Å²) in [6.07, 6.45) is 3.33. The highest BCUT2D eigenvalue weighted by molar-refractivity contribution is 9.10. The second kappa shape index (κ2) is 7.14. The van der Waals surface area contributed by atoms with E-state index in [1.165, 1.54) is 24.3 Å². The summed E-state index contributed by atoms with van der Waals surface area (Å²) in [5.41, 5.74) is 0.561. The number of carbonyl (C=O) groups excluding carboxylic acids is 1. The van der Waals surface area contributed by atoms with Crippen LogP contribution in [0.15, 0.2) is 59.3 Å². The Labute approximate surface area is 151 Å². The predicted octanol–water partition coefficient (Wildman–Crippen LogP) is 3.98. The quantitative estimate of drug-likeness (QED) is 0.713. The molecule has 0 unspecified atom stereocenters. The molecule has 2 aromatic carbocycles. The first kappa shape index (κ1) is 17.3. The van der Waals surface area contributed by atoms with Crippen molar-refractivity contribution >= 4 is 21.8 Å². The van der Waals surface area contributed by atoms with Crippen LogP contribution in [-0.4, -0.2) is 15.5 Å². The molecule has 1 aromatic heterocycles. The molecule has 0 aliphatic heterocycles. The fourth-order valence-corrected chi connectivity index (χ4v) is 2.82. The Hall–Kier alpha value is -2.54. The molecule has 0 saturated carbocycles. The van der Waals surface area contributed by atoms with Crippen molar-refractivity contribution in [3.05, 3.63) is 87.9 Å². The van der Waals surface area contributed by atoms with E-state index in [1.807, 2.05) is 0 Å². The van der Waals surface area contributed by atoms with E-state index in [2.05, 4.69) is 26.2 Å². The first-order chi connectivity index (χ1) is 12.0. The van der Waals surface area contributed by atoms with Crippen molar-refractivity contribution in [2.75, 3.05) is 0 Å². The molecule has 1 N–H and O–H groups in total. The van der Waals surface area contributed by atoms with Gasteiger partial charge in [-0.1, -0.05) is 28.1 Å². The Morgan fingerprint density at radius 2 is 1.92 bits per heavy atom. The van der Waals surface area contributed by atoms with Crippen molar-refractivity contribution in [2.45, 2.75) is 6.04 Å². The van der Waals surface area contributed by atoms with Gasteiger partial charge >= 0.3 is 0 Å². The molecular formula is C18H14BrF2N3O. The number of carbonyl (C=O) groups is 1. The van der Waals surface area contributed by atoms with Gasteiger partial charge in [0.1, 0.15) is 23.5 Å². The van der Waals surface area contributed by atoms with Gasteiger partial charge in [-0.3, -0.25) is 4.79 Å². The SMILES string of the molecule is Cn1ccnc1[C@@H](NC(=O)c1ccc(Br)cc1F)c1ccc(F)cc1. The topological polar surface area (TPSA) is 46.9 Å². The van der Waals surface area contributed by atoms with Gasteiger partial charge < -0.3 is 9.88 Å². The maximum atomic E-state index is 14.1. The summed E-state index contributed by atoms with van der Waals surface area (Å²) in [5.74, 6) is -1.04. The minimum absolute atomic E-state index is 0.0791. The smallest absolute Gasteiger partial charge is 0.255 e. The van der Waals surface area contributed by atoms with E-state index in [1.54, 1.807) is 42.2 Å². The molecule has 128 valence electrons. The van der Waals surface area contributed by atoms with Crippen molar-refractivity contribution in [2.24, 2.45) is 7.05 Å². The number of rotatable bonds is 4. The number of amides is 1. The van der Waals surface area contributed by atoms with Crippen LogP contribution in [0.1, 0.15) is 27.8 Å². The Bertz CT molecular complexity index is 909. The van der Waals surface area contributed by atoms with E-state index < -0.39 is 17.8 Å². The Balaban J connectivity index is 1.96. The van der Waals surface area contributed by atoms with Gasteiger partial charge in [-0.25, -0.2) is 13.8 Å². The van der Waals surface area contributed by atoms with Crippen LogP contribution in [0.4, 0.5) is 8.78 Å². The monoisotopic (exact) mass is 405 g/mol. The van der Waals surface area contributed by atoms with E-state index >= 15 is 0 Å². The number of aromatic nitrogens is 2. The van der Waals surface area contributed by atoms with Crippen LogP contribution in [0, 0.1) is 11.6 Å². The molecule has 4 nitrogen and oxygen atoms in total. The molecule has 0 radical (unpaired) electrons. The molecule has 0 aliphatic carbocycles. The molecule has 7 heteroatoms. The maximum Gasteiger partial charge on any atom is 0.255 e. The molecule has 1 heterocycles. The van der Waals surface area contributed by atoms with Crippen molar-refractivity contribution in [1.29, 1.82) is 0 Å². The zero-order valence-electron chi connectivity index (χ0n) is 13.2. The van der Waals surface area contributed by atoms with Gasteiger partial charge in [-0.05, 0) is 35.9 Å². The molecule has 3 aromatic rings. The Kier molecular flexibility index (Phi) is 4.94. The lowest BCUT2D eigenvalue weighted by Crippen LogP contribution is -2.31. The maximum absolute atomic E-state index is 14.1. The third-order valence-electron chi connectivity index (χ3n) is 3.77. The lowest BCUT2D eigenvalue weighted by Gasteiger charge is -2.19. The summed E-state index contributed by atoms with van der Waals surface area (Å²) >= 11 is 3.16. The normalized spacial score (nSPS) is 12.0. The van der Waals surface area contributed by atoms with Crippen molar-refractivity contribution in [3.8, 4) is 0 Å². The van der Waals surface area contributed by atoms with Gasteiger partial charge in [0.25, 0.3) is 5.91 Å². The van der Waals surface area contributed by atoms with Gasteiger partial charge in [0, 0.05) is 23.9 Å². The molecule has 3 rings (SSSR count). The summed E-state index contributed by atoms with van der Waals surface area (Å²) in [6, 6.07) is 9.30. The van der Waals surface area contributed by atoms with E-state index in [9.17, 15) is 13.6 Å². The van der Waals surface area contributed by atoms with Gasteiger partial charge in [0.15, 0.2) is 0 Å². The van der Waals surface area contributed by atoms with E-state index in [0.29, 0.717) is 15.9 Å². The summed E-state index contributed by atoms with van der Waals surface area (Å²) in [5, 5.41) is 2.77. The fraction of sp³-hybridized carbons (Fsp3) is 0.111. The summed E-state index contributed by atoms with van der Waals surface area (Å²) < 4.78 is 29.6. The van der Waals surface area contributed by atoms with Crippen LogP contribution in [0.3, 0.4) is 0 Å². The Morgan fingerprint density at radius 1 is 1.20 bits per heavy atom. The highest BCUT2D eigenvalue weighted by Gasteiger charge is 2.23. The fourth-order valence-electron chi connectivity index (χ4n) is 2.49. The van der Waals surface area contributed by atoms with Crippen LogP contribution in [0.2, 0.25) is 0 Å². The lowest BCUT2D eigenvalue weighted by atomic mass is 10.0. The number of imidazole rings is 1. The van der Waals surface area contributed by atoms with E-state index in [4.69, 9.17) is 0 Å². The first-order valence-electron chi connectivity index (χ1n) is 7.44. The van der Waals surface area contributed by atoms with E-state index in [-0.39, 0.29) is 11.4 Å². The summed E-state index contributed by atoms with van der Waals surface area (Å²) in [6.45, 7) is 0. The molecule has 0 spiro atoms. The largest absolute Gasteiger partial charge is 0.338 e. The number of nitrogens with zero attached hydrogens (tertiary/aromatic N) is 2. The average Bonchev–Trinajstić information content (AvgIpc) is 2.99. The molecule has 25 heavy (non-hydrogen) atoms. The second-order valence-corrected chi connectivity index (χ2v) is 6.39. The zero-order chi connectivity index (χ0) is 18.0. The van der Waals surface area contributed by atoms with Crippen LogP contribution in [0.25, 0.3) is 0 Å². The number of aryl methyl sites for hydroxylation is 1. The Morgan fingerprint density at radius 3 is 2.52 bits per heavy atom. The van der Waals surface area contributed by atoms with Crippen LogP contribution in [-0.2, 0) is 7.05 Å². The van der Waals surface area contributed by atoms with Crippen molar-refractivity contribution in [3.63, 3.8) is 0 Å². The number of halogens is 3. The standard InChI is InChI=1S/C18H14BrF2N3O/c1-24-9-8-22-17(24)16(11-2-5-13(20)6-3-11)23-18(25)14-7-4-12(19)10-15(14)21/h2-10,16H,1H3,(H,23,25)/t16-/m0/s1. The van der Waals surface area contributed by atoms with Gasteiger partial charge in [0.05, 0.1) is 5.56 Å². The van der Waals surface area contributed by atoms with Crippen molar-refractivity contribution < 1.29 is 13.6 Å².